The van der Waals surface area contributed by atoms with Crippen molar-refractivity contribution in [1.29, 1.82) is 0 Å². The number of nitrogens with zero attached hydrogens (tertiary/aromatic N) is 2. The lowest BCUT2D eigenvalue weighted by Crippen LogP contribution is -2.55. The molecule has 0 spiro atoms. The van der Waals surface area contributed by atoms with Gasteiger partial charge in [0.25, 0.3) is 0 Å². The number of benzene rings is 1. The van der Waals surface area contributed by atoms with Gasteiger partial charge in [0.1, 0.15) is 5.69 Å². The number of carbonyl (C=O) groups is 2. The summed E-state index contributed by atoms with van der Waals surface area (Å²) >= 11 is 0. The van der Waals surface area contributed by atoms with Crippen LogP contribution < -0.4 is 5.32 Å². The Kier molecular flexibility index (Phi) is 7.41. The van der Waals surface area contributed by atoms with Gasteiger partial charge in [-0.05, 0) is 38.4 Å². The Balaban J connectivity index is 0.000000179. The van der Waals surface area contributed by atoms with Crippen LogP contribution in [0.3, 0.4) is 0 Å². The second kappa shape index (κ2) is 10.2. The first-order valence-electron chi connectivity index (χ1n) is 10.5. The van der Waals surface area contributed by atoms with Gasteiger partial charge in [0.2, 0.25) is 5.91 Å². The van der Waals surface area contributed by atoms with Gasteiger partial charge >= 0.3 is 0 Å². The summed E-state index contributed by atoms with van der Waals surface area (Å²) in [5.74, 6) is 1.30. The van der Waals surface area contributed by atoms with Gasteiger partial charge in [-0.2, -0.15) is 0 Å². The molecule has 0 saturated carbocycles. The van der Waals surface area contributed by atoms with Crippen LogP contribution in [0, 0.1) is 12.8 Å². The van der Waals surface area contributed by atoms with Crippen molar-refractivity contribution >= 4 is 12.2 Å². The molecule has 1 saturated heterocycles. The highest BCUT2D eigenvalue weighted by molar-refractivity contribution is 5.83. The van der Waals surface area contributed by atoms with E-state index in [1.807, 2.05) is 56.6 Å². The molecule has 3 heterocycles. The number of likely N-dealkylation sites (N-methyl/N-ethyl adjacent to an activating group) is 1. The number of piperazine rings is 1. The molecule has 31 heavy (non-hydrogen) atoms. The summed E-state index contributed by atoms with van der Waals surface area (Å²) < 4.78 is 5.00. The molecule has 3 aromatic rings. The van der Waals surface area contributed by atoms with E-state index in [2.05, 4.69) is 34.2 Å². The van der Waals surface area contributed by atoms with Crippen LogP contribution in [0.15, 0.2) is 53.2 Å². The van der Waals surface area contributed by atoms with Crippen LogP contribution in [0.4, 0.5) is 0 Å². The molecule has 164 valence electrons. The Morgan fingerprint density at radius 3 is 2.55 bits per heavy atom. The first kappa shape index (κ1) is 22.5. The van der Waals surface area contributed by atoms with Gasteiger partial charge in [-0.25, -0.2) is 0 Å². The lowest BCUT2D eigenvalue weighted by molar-refractivity contribution is -0.130. The molecule has 7 nitrogen and oxygen atoms in total. The summed E-state index contributed by atoms with van der Waals surface area (Å²) in [7, 11) is 2.03. The van der Waals surface area contributed by atoms with Crippen molar-refractivity contribution in [1.82, 2.24) is 20.4 Å². The maximum absolute atomic E-state index is 12.1. The summed E-state index contributed by atoms with van der Waals surface area (Å²) in [5.41, 5.74) is 3.51. The van der Waals surface area contributed by atoms with Crippen LogP contribution in [0.5, 0.6) is 0 Å². The molecule has 7 heteroatoms. The van der Waals surface area contributed by atoms with Crippen molar-refractivity contribution < 1.29 is 14.1 Å². The third-order valence-electron chi connectivity index (χ3n) is 5.30. The van der Waals surface area contributed by atoms with Crippen molar-refractivity contribution in [3.05, 3.63) is 65.6 Å². The number of aromatic amines is 1. The predicted octanol–water partition coefficient (Wildman–Crippen LogP) is 3.99. The fraction of sp³-hybridized carbons (Fsp3) is 0.375. The lowest BCUT2D eigenvalue weighted by Gasteiger charge is -2.37. The Morgan fingerprint density at radius 2 is 2.00 bits per heavy atom. The van der Waals surface area contributed by atoms with E-state index in [9.17, 15) is 9.59 Å². The highest BCUT2D eigenvalue weighted by atomic mass is 16.5. The zero-order valence-electron chi connectivity index (χ0n) is 18.5. The molecular weight excluding hydrogens is 392 g/mol. The number of aryl methyl sites for hydroxylation is 1. The minimum absolute atomic E-state index is 0.0150. The van der Waals surface area contributed by atoms with Crippen LogP contribution in [0.25, 0.3) is 11.3 Å². The van der Waals surface area contributed by atoms with Crippen LogP contribution in [-0.4, -0.2) is 46.9 Å². The SMILES string of the molecule is CC(C)CC1C(=O)N[C@H](c2ccc[nH]2)CN1C.Cc1ccc(-c2cc(C=O)no2)cc1. The molecule has 4 rings (SSSR count). The fourth-order valence-electron chi connectivity index (χ4n) is 3.60. The molecule has 1 aromatic carbocycles. The van der Waals surface area contributed by atoms with E-state index < -0.39 is 0 Å². The van der Waals surface area contributed by atoms with Gasteiger partial charge in [0, 0.05) is 30.1 Å². The number of rotatable bonds is 5. The smallest absolute Gasteiger partial charge is 0.237 e. The van der Waals surface area contributed by atoms with E-state index >= 15 is 0 Å². The van der Waals surface area contributed by atoms with E-state index in [1.165, 1.54) is 5.56 Å². The first-order valence-corrected chi connectivity index (χ1v) is 10.5. The van der Waals surface area contributed by atoms with Gasteiger partial charge in [0.15, 0.2) is 12.0 Å². The second-order valence-electron chi connectivity index (χ2n) is 8.37. The van der Waals surface area contributed by atoms with Crippen molar-refractivity contribution in [3.8, 4) is 11.3 Å². The Hall–Kier alpha value is -3.19. The molecule has 2 N–H and O–H groups in total. The number of amides is 1. The Bertz CT molecular complexity index is 977. The maximum Gasteiger partial charge on any atom is 0.237 e. The molecule has 1 unspecified atom stereocenters. The summed E-state index contributed by atoms with van der Waals surface area (Å²) in [6.07, 6.45) is 3.47. The molecule has 2 atom stereocenters. The molecule has 0 bridgehead atoms. The molecule has 1 amide bonds. The summed E-state index contributed by atoms with van der Waals surface area (Å²) in [6.45, 7) is 7.18. The van der Waals surface area contributed by atoms with Crippen LogP contribution in [-0.2, 0) is 4.79 Å². The zero-order chi connectivity index (χ0) is 22.4. The fourth-order valence-corrected chi connectivity index (χ4v) is 3.60. The van der Waals surface area contributed by atoms with E-state index in [0.29, 0.717) is 23.7 Å². The number of nitrogens with one attached hydrogen (secondary N) is 2. The van der Waals surface area contributed by atoms with Gasteiger partial charge in [-0.1, -0.05) is 48.8 Å². The number of hydrogen-bond donors (Lipinski definition) is 2. The minimum Gasteiger partial charge on any atom is -0.363 e. The molecule has 1 fully saturated rings. The molecule has 0 aliphatic carbocycles. The van der Waals surface area contributed by atoms with Crippen LogP contribution >= 0.6 is 0 Å². The molecular formula is C24H30N4O3. The largest absolute Gasteiger partial charge is 0.363 e. The Labute approximate surface area is 182 Å². The van der Waals surface area contributed by atoms with Crippen LogP contribution in [0.2, 0.25) is 0 Å². The van der Waals surface area contributed by atoms with Crippen LogP contribution in [0.1, 0.15) is 48.1 Å². The molecule has 0 radical (unpaired) electrons. The van der Waals surface area contributed by atoms with Crippen molar-refractivity contribution in [2.75, 3.05) is 13.6 Å². The van der Waals surface area contributed by atoms with Gasteiger partial charge < -0.3 is 14.8 Å². The number of aldehydes is 1. The molecule has 1 aliphatic rings. The highest BCUT2D eigenvalue weighted by Crippen LogP contribution is 2.22. The number of aromatic nitrogens is 2. The van der Waals surface area contributed by atoms with E-state index in [-0.39, 0.29) is 18.0 Å². The first-order chi connectivity index (χ1) is 14.9. The minimum atomic E-state index is 0.0150. The normalized spacial score (nSPS) is 18.9. The van der Waals surface area contributed by atoms with E-state index in [0.717, 1.165) is 24.2 Å². The van der Waals surface area contributed by atoms with E-state index in [4.69, 9.17) is 4.52 Å². The van der Waals surface area contributed by atoms with Crippen molar-refractivity contribution in [2.24, 2.45) is 5.92 Å². The summed E-state index contributed by atoms with van der Waals surface area (Å²) in [4.78, 5) is 27.8. The predicted molar refractivity (Wildman–Crippen MR) is 120 cm³/mol. The zero-order valence-corrected chi connectivity index (χ0v) is 18.5. The quantitative estimate of drug-likeness (QED) is 0.607. The average molecular weight is 423 g/mol. The lowest BCUT2D eigenvalue weighted by atomic mass is 9.98. The average Bonchev–Trinajstić information content (AvgIpc) is 3.43. The second-order valence-corrected chi connectivity index (χ2v) is 8.37. The number of carbonyl (C=O) groups excluding carboxylic acids is 2. The van der Waals surface area contributed by atoms with Gasteiger partial charge in [-0.15, -0.1) is 0 Å². The molecule has 2 aromatic heterocycles. The topological polar surface area (TPSA) is 91.2 Å². The summed E-state index contributed by atoms with van der Waals surface area (Å²) in [5, 5.41) is 6.68. The van der Waals surface area contributed by atoms with Gasteiger partial charge in [-0.3, -0.25) is 14.5 Å². The number of H-pyrrole nitrogens is 1. The monoisotopic (exact) mass is 422 g/mol. The standard InChI is InChI=1S/C13H21N3O.C11H9NO2/c1-9(2)7-12-13(17)15-11(8-16(12)3)10-5-4-6-14-10;1-8-2-4-9(5-3-8)11-6-10(7-13)12-14-11/h4-6,9,11-12,14H,7-8H2,1-3H3,(H,15,17);2-7H,1H3/t11-,12?;/m0./s1. The summed E-state index contributed by atoms with van der Waals surface area (Å²) in [6, 6.07) is 13.5. The van der Waals surface area contributed by atoms with Crippen molar-refractivity contribution in [3.63, 3.8) is 0 Å². The third-order valence-corrected chi connectivity index (χ3v) is 5.30. The Morgan fingerprint density at radius 1 is 1.26 bits per heavy atom. The maximum atomic E-state index is 12.1. The third kappa shape index (κ3) is 5.92. The number of hydrogen-bond acceptors (Lipinski definition) is 5. The highest BCUT2D eigenvalue weighted by Gasteiger charge is 2.33. The van der Waals surface area contributed by atoms with Gasteiger partial charge in [0.05, 0.1) is 12.1 Å². The molecule has 1 aliphatic heterocycles. The van der Waals surface area contributed by atoms with E-state index in [1.54, 1.807) is 6.07 Å². The van der Waals surface area contributed by atoms with Crippen molar-refractivity contribution in [2.45, 2.75) is 39.3 Å².